The molecule has 45 heavy (non-hydrogen) atoms. The van der Waals surface area contributed by atoms with E-state index in [1.165, 1.54) is 0 Å². The molecule has 0 saturated heterocycles. The number of nitrogens with zero attached hydrogens (tertiary/aromatic N) is 15. The molecule has 3 heterocycles. The van der Waals surface area contributed by atoms with Gasteiger partial charge in [0, 0.05) is 10.8 Å². The molecule has 0 radical (unpaired) electrons. The molecule has 15 nitrogen and oxygen atoms in total. The zero-order chi connectivity index (χ0) is 32.7. The maximum atomic E-state index is 9.30. The summed E-state index contributed by atoms with van der Waals surface area (Å²) in [5, 5.41) is 64.5. The Hall–Kier alpha value is -8.39. The van der Waals surface area contributed by atoms with E-state index in [1.54, 1.807) is 55.5 Å². The van der Waals surface area contributed by atoms with E-state index in [9.17, 15) is 21.0 Å². The minimum atomic E-state index is -0.303. The van der Waals surface area contributed by atoms with E-state index in [0.717, 1.165) is 5.22 Å². The van der Waals surface area contributed by atoms with Crippen molar-refractivity contribution in [3.05, 3.63) is 80.3 Å². The Morgan fingerprint density at radius 1 is 0.511 bits per heavy atom. The van der Waals surface area contributed by atoms with Crippen LogP contribution in [0.25, 0.3) is 53.9 Å². The fourth-order valence-electron chi connectivity index (χ4n) is 3.85. The summed E-state index contributed by atoms with van der Waals surface area (Å²) in [6.45, 7) is 16.2. The molecule has 202 valence electrons. The van der Waals surface area contributed by atoms with Gasteiger partial charge in [-0.25, -0.2) is 19.9 Å². The zero-order valence-electron chi connectivity index (χ0n) is 22.5. The maximum absolute atomic E-state index is 9.30. The lowest BCUT2D eigenvalue weighted by molar-refractivity contribution is 1.18. The van der Waals surface area contributed by atoms with Crippen LogP contribution < -0.4 is 10.4 Å². The fourth-order valence-corrected chi connectivity index (χ4v) is 3.85. The molecule has 0 bridgehead atoms. The van der Waals surface area contributed by atoms with Gasteiger partial charge in [-0.15, -0.1) is 9.97 Å². The van der Waals surface area contributed by atoms with Crippen LogP contribution in [0.4, 0.5) is 11.6 Å². The van der Waals surface area contributed by atoms with E-state index >= 15 is 0 Å². The SMILES string of the molecule is CC(C#N)=c1ccc(=C(C#N)C#N)cc1.[C-]#[N+]c1nc2c(nc1C#N)c1nc(C#N)c(C#N)nc1c1nc(C#N)c([N+]#[C-])nc12. The largest absolute Gasteiger partial charge is 0.358 e. The van der Waals surface area contributed by atoms with Crippen molar-refractivity contribution < 1.29 is 0 Å². The molecule has 5 rings (SSSR count). The second kappa shape index (κ2) is 12.4. The van der Waals surface area contributed by atoms with Crippen molar-refractivity contribution in [1.29, 1.82) is 36.8 Å². The van der Waals surface area contributed by atoms with Gasteiger partial charge in [-0.1, -0.05) is 37.4 Å². The third-order valence-electron chi connectivity index (χ3n) is 5.96. The average molecular weight is 577 g/mol. The number of fused-ring (bicyclic) bond motifs is 6. The summed E-state index contributed by atoms with van der Waals surface area (Å²) < 4.78 is 0. The van der Waals surface area contributed by atoms with Crippen molar-refractivity contribution in [2.24, 2.45) is 0 Å². The van der Waals surface area contributed by atoms with Crippen LogP contribution in [-0.4, -0.2) is 29.9 Å². The monoisotopic (exact) mass is 577 g/mol. The Labute approximate surface area is 252 Å². The Morgan fingerprint density at radius 2 is 0.844 bits per heavy atom. The van der Waals surface area contributed by atoms with Gasteiger partial charge in [0.2, 0.25) is 11.0 Å². The molecule has 0 amide bonds. The van der Waals surface area contributed by atoms with Crippen LogP contribution in [0.15, 0.2) is 24.3 Å². The summed E-state index contributed by atoms with van der Waals surface area (Å²) in [5.74, 6) is -0.605. The highest BCUT2D eigenvalue weighted by Gasteiger charge is 2.26. The van der Waals surface area contributed by atoms with Crippen LogP contribution in [0.3, 0.4) is 0 Å². The van der Waals surface area contributed by atoms with Crippen LogP contribution in [0.2, 0.25) is 0 Å². The van der Waals surface area contributed by atoms with Gasteiger partial charge in [0.15, 0.2) is 22.8 Å². The molecule has 0 atom stereocenters. The molecule has 0 unspecified atom stereocenters. The van der Waals surface area contributed by atoms with Gasteiger partial charge >= 0.3 is 11.6 Å². The fraction of sp³-hybridized carbons (Fsp3) is 0.0333. The predicted octanol–water partition coefficient (Wildman–Crippen LogP) is 2.68. The minimum Gasteiger partial charge on any atom is -0.358 e. The zero-order valence-corrected chi connectivity index (χ0v) is 22.5. The molecule has 0 saturated carbocycles. The smallest absolute Gasteiger partial charge is 0.307 e. The van der Waals surface area contributed by atoms with Gasteiger partial charge in [0.1, 0.15) is 64.1 Å². The first-order valence-electron chi connectivity index (χ1n) is 12.0. The van der Waals surface area contributed by atoms with E-state index in [1.807, 2.05) is 18.2 Å². The number of hydrogen-bond acceptors (Lipinski definition) is 13. The molecule has 0 aliphatic heterocycles. The normalized spacial score (nSPS) is 9.24. The molecule has 0 fully saturated rings. The lowest BCUT2D eigenvalue weighted by Crippen LogP contribution is -2.10. The standard InChI is InChI=1S/C18N12.C12H7N3/c1-23-17-9(5-21)27-13-11-12(26-8(4-20)7(3-19)25-11)14-16(15(13)29-17)30-18(24-2)10(6-22)28-14;1-9(6-13)10-2-4-11(5-3-10)12(7-14)8-15/h;2-5H,1H3. The van der Waals surface area contributed by atoms with Gasteiger partial charge in [-0.3, -0.25) is 0 Å². The first kappa shape index (κ1) is 29.6. The molecule has 0 N–H and O–H groups in total. The second-order valence-corrected chi connectivity index (χ2v) is 8.39. The van der Waals surface area contributed by atoms with Crippen LogP contribution in [-0.2, 0) is 0 Å². The quantitative estimate of drug-likeness (QED) is 0.190. The van der Waals surface area contributed by atoms with E-state index < -0.39 is 0 Å². The number of rotatable bonds is 0. The molecule has 3 aromatic heterocycles. The second-order valence-electron chi connectivity index (χ2n) is 8.39. The van der Waals surface area contributed by atoms with Crippen molar-refractivity contribution in [3.8, 4) is 42.5 Å². The van der Waals surface area contributed by atoms with Crippen molar-refractivity contribution in [3.63, 3.8) is 0 Å². The first-order valence-corrected chi connectivity index (χ1v) is 12.0. The van der Waals surface area contributed by atoms with E-state index in [4.69, 9.17) is 28.9 Å². The third kappa shape index (κ3) is 5.24. The molecule has 0 aliphatic rings. The van der Waals surface area contributed by atoms with Gasteiger partial charge in [-0.2, -0.15) is 36.8 Å². The van der Waals surface area contributed by atoms with Crippen molar-refractivity contribution >= 4 is 55.9 Å². The minimum absolute atomic E-state index is 0.00714. The number of benzene rings is 2. The lowest BCUT2D eigenvalue weighted by atomic mass is 10.1. The van der Waals surface area contributed by atoms with Crippen LogP contribution in [0.1, 0.15) is 29.7 Å². The summed E-state index contributed by atoms with van der Waals surface area (Å²) in [6, 6.07) is 19.5. The van der Waals surface area contributed by atoms with E-state index in [0.29, 0.717) is 10.8 Å². The molecule has 15 heteroatoms. The summed E-state index contributed by atoms with van der Waals surface area (Å²) >= 11 is 0. The summed E-state index contributed by atoms with van der Waals surface area (Å²) in [6.07, 6.45) is 0. The number of aromatic nitrogens is 6. The van der Waals surface area contributed by atoms with Gasteiger partial charge in [0.05, 0.1) is 6.07 Å². The van der Waals surface area contributed by atoms with Crippen LogP contribution in [0.5, 0.6) is 0 Å². The molecule has 2 aromatic carbocycles. The lowest BCUT2D eigenvalue weighted by Gasteiger charge is -2.06. The highest BCUT2D eigenvalue weighted by molar-refractivity contribution is 6.18. The van der Waals surface area contributed by atoms with Crippen molar-refractivity contribution in [2.45, 2.75) is 6.92 Å². The van der Waals surface area contributed by atoms with E-state index in [2.05, 4.69) is 39.6 Å². The maximum Gasteiger partial charge on any atom is 0.307 e. The Bertz CT molecular complexity index is 2260. The van der Waals surface area contributed by atoms with Crippen molar-refractivity contribution in [2.75, 3.05) is 0 Å². The molecular formula is C30H7N15. The predicted molar refractivity (Wildman–Crippen MR) is 152 cm³/mol. The van der Waals surface area contributed by atoms with E-state index in [-0.39, 0.29) is 73.1 Å². The van der Waals surface area contributed by atoms with Crippen molar-refractivity contribution in [1.82, 2.24) is 29.9 Å². The first-order chi connectivity index (χ1) is 21.8. The van der Waals surface area contributed by atoms with Crippen LogP contribution >= 0.6 is 0 Å². The topological polar surface area (TPSA) is 253 Å². The summed E-state index contributed by atoms with van der Waals surface area (Å²) in [5.41, 5.74) is -0.505. The molecular weight excluding hydrogens is 570 g/mol. The average Bonchev–Trinajstić information content (AvgIpc) is 3.10. The third-order valence-corrected chi connectivity index (χ3v) is 5.96. The highest BCUT2D eigenvalue weighted by atomic mass is 15.0. The molecule has 0 spiro atoms. The Kier molecular flexibility index (Phi) is 8.16. The number of nitriles is 7. The van der Waals surface area contributed by atoms with Gasteiger partial charge in [0.25, 0.3) is 0 Å². The molecule has 0 aliphatic carbocycles. The van der Waals surface area contributed by atoms with Crippen LogP contribution in [0, 0.1) is 92.5 Å². The van der Waals surface area contributed by atoms with Gasteiger partial charge in [-0.05, 0) is 12.1 Å². The summed E-state index contributed by atoms with van der Waals surface area (Å²) in [7, 11) is 0. The highest BCUT2D eigenvalue weighted by Crippen LogP contribution is 2.33. The Morgan fingerprint density at radius 3 is 1.16 bits per heavy atom. The van der Waals surface area contributed by atoms with Gasteiger partial charge < -0.3 is 9.69 Å². The summed E-state index contributed by atoms with van der Waals surface area (Å²) in [4.78, 5) is 31.1. The molecule has 5 aromatic rings. The Balaban J connectivity index is 0.000000259. The number of hydrogen-bond donors (Lipinski definition) is 0.